The molecule has 0 unspecified atom stereocenters. The molecule has 31 heavy (non-hydrogen) atoms. The minimum absolute atomic E-state index is 0.0121. The van der Waals surface area contributed by atoms with Crippen LogP contribution in [0, 0.1) is 11.2 Å². The number of benzene rings is 2. The molecule has 2 heterocycles. The van der Waals surface area contributed by atoms with E-state index in [0.29, 0.717) is 23.6 Å². The fourth-order valence-corrected chi connectivity index (χ4v) is 5.98. The largest absolute Gasteiger partial charge is 0.480 e. The van der Waals surface area contributed by atoms with E-state index in [1.807, 2.05) is 18.2 Å². The van der Waals surface area contributed by atoms with E-state index < -0.39 is 28.7 Å². The molecule has 2 aromatic carbocycles. The number of carboxylic acid groups (broad SMARTS) is 1. The minimum Gasteiger partial charge on any atom is -0.480 e. The summed E-state index contributed by atoms with van der Waals surface area (Å²) < 4.78 is 15.4. The number of hydrogen-bond acceptors (Lipinski definition) is 3. The van der Waals surface area contributed by atoms with Gasteiger partial charge in [0.15, 0.2) is 0 Å². The van der Waals surface area contributed by atoms with Crippen molar-refractivity contribution in [2.75, 3.05) is 11.9 Å². The van der Waals surface area contributed by atoms with Gasteiger partial charge in [0.2, 0.25) is 0 Å². The van der Waals surface area contributed by atoms with Crippen LogP contribution in [0.2, 0.25) is 10.0 Å². The van der Waals surface area contributed by atoms with Gasteiger partial charge < -0.3 is 10.4 Å². The molecule has 2 aliphatic heterocycles. The molecule has 0 aliphatic carbocycles. The van der Waals surface area contributed by atoms with Gasteiger partial charge in [-0.25, -0.2) is 4.39 Å². The zero-order chi connectivity index (χ0) is 22.8. The number of halogens is 3. The van der Waals surface area contributed by atoms with E-state index >= 15 is 4.39 Å². The van der Waals surface area contributed by atoms with Gasteiger partial charge in [-0.05, 0) is 48.1 Å². The molecule has 4 rings (SSSR count). The number of hydrogen-bond donors (Lipinski definition) is 3. The summed E-state index contributed by atoms with van der Waals surface area (Å²) in [6.45, 7) is 8.49. The first-order chi connectivity index (χ1) is 14.4. The lowest BCUT2D eigenvalue weighted by atomic mass is 9.60. The summed E-state index contributed by atoms with van der Waals surface area (Å²) in [4.78, 5) is 12.7. The maximum atomic E-state index is 15.4. The molecule has 4 nitrogen and oxygen atoms in total. The highest BCUT2D eigenvalue weighted by Gasteiger charge is 2.66. The highest BCUT2D eigenvalue weighted by Crippen LogP contribution is 2.59. The van der Waals surface area contributed by atoms with E-state index in [2.05, 4.69) is 31.4 Å². The van der Waals surface area contributed by atoms with Gasteiger partial charge in [0.05, 0.1) is 5.02 Å². The van der Waals surface area contributed by atoms with Crippen molar-refractivity contribution in [2.24, 2.45) is 5.41 Å². The second kappa shape index (κ2) is 7.36. The predicted molar refractivity (Wildman–Crippen MR) is 123 cm³/mol. The molecule has 0 radical (unpaired) electrons. The number of anilines is 1. The smallest absolute Gasteiger partial charge is 0.324 e. The quantitative estimate of drug-likeness (QED) is 0.534. The molecule has 0 amide bonds. The maximum absolute atomic E-state index is 15.4. The van der Waals surface area contributed by atoms with Crippen LogP contribution in [0.1, 0.15) is 51.2 Å². The van der Waals surface area contributed by atoms with Gasteiger partial charge in [-0.1, -0.05) is 62.2 Å². The monoisotopic (exact) mass is 464 g/mol. The Hall–Kier alpha value is -1.82. The Morgan fingerprint density at radius 1 is 1.26 bits per heavy atom. The second-order valence-electron chi connectivity index (χ2n) is 10.1. The highest BCUT2D eigenvalue weighted by atomic mass is 35.5. The third-order valence-corrected chi connectivity index (χ3v) is 7.32. The third kappa shape index (κ3) is 3.42. The molecule has 0 bridgehead atoms. The van der Waals surface area contributed by atoms with Gasteiger partial charge in [-0.15, -0.1) is 0 Å². The van der Waals surface area contributed by atoms with Gasteiger partial charge in [0.1, 0.15) is 11.4 Å². The summed E-state index contributed by atoms with van der Waals surface area (Å²) in [5.41, 5.74) is -0.0637. The summed E-state index contributed by atoms with van der Waals surface area (Å²) in [5, 5.41) is 17.8. The van der Waals surface area contributed by atoms with Crippen LogP contribution in [0.3, 0.4) is 0 Å². The van der Waals surface area contributed by atoms with Crippen LogP contribution in [0.5, 0.6) is 0 Å². The molecular formula is C24H27Cl2FN2O2. The third-order valence-electron chi connectivity index (χ3n) is 6.80. The lowest BCUT2D eigenvalue weighted by Gasteiger charge is -2.40. The minimum atomic E-state index is -1.40. The van der Waals surface area contributed by atoms with Crippen LogP contribution in [0.15, 0.2) is 36.4 Å². The highest BCUT2D eigenvalue weighted by molar-refractivity contribution is 6.31. The fourth-order valence-electron chi connectivity index (χ4n) is 5.63. The van der Waals surface area contributed by atoms with Crippen molar-refractivity contribution in [3.8, 4) is 0 Å². The van der Waals surface area contributed by atoms with E-state index in [-0.39, 0.29) is 16.5 Å². The normalized spacial score (nSPS) is 29.8. The summed E-state index contributed by atoms with van der Waals surface area (Å²) in [5.74, 6) is -2.28. The Balaban J connectivity index is 2.03. The van der Waals surface area contributed by atoms with Crippen LogP contribution in [0.25, 0.3) is 0 Å². The molecule has 2 aliphatic rings. The van der Waals surface area contributed by atoms with Crippen molar-refractivity contribution < 1.29 is 14.3 Å². The summed E-state index contributed by atoms with van der Waals surface area (Å²) >= 11 is 12.4. The number of nitrogens with one attached hydrogen (secondary N) is 2. The van der Waals surface area contributed by atoms with Gasteiger partial charge in [-0.2, -0.15) is 0 Å². The lowest BCUT2D eigenvalue weighted by Crippen LogP contribution is -2.50. The van der Waals surface area contributed by atoms with Gasteiger partial charge >= 0.3 is 5.97 Å². The van der Waals surface area contributed by atoms with Crippen molar-refractivity contribution in [1.82, 2.24) is 5.32 Å². The van der Waals surface area contributed by atoms with Crippen LogP contribution < -0.4 is 10.6 Å². The van der Waals surface area contributed by atoms with Gasteiger partial charge in [0.25, 0.3) is 0 Å². The molecule has 0 saturated carbocycles. The zero-order valence-electron chi connectivity index (χ0n) is 18.0. The van der Waals surface area contributed by atoms with Gasteiger partial charge in [-0.3, -0.25) is 10.1 Å². The van der Waals surface area contributed by atoms with Crippen LogP contribution in [-0.2, 0) is 10.2 Å². The molecule has 1 spiro atoms. The SMILES string of the molecule is CC(C)(C)C[C@@H]1N[C@@](C)(C(=O)O)[C@H](c2cccc(Cl)c2F)[C@]12CNc1cc(Cl)ccc12. The van der Waals surface area contributed by atoms with Crippen molar-refractivity contribution in [3.63, 3.8) is 0 Å². The van der Waals surface area contributed by atoms with E-state index in [9.17, 15) is 9.90 Å². The van der Waals surface area contributed by atoms with E-state index in [0.717, 1.165) is 11.3 Å². The molecular weight excluding hydrogens is 438 g/mol. The molecule has 7 heteroatoms. The first-order valence-corrected chi connectivity index (χ1v) is 11.1. The van der Waals surface area contributed by atoms with Crippen molar-refractivity contribution >= 4 is 34.9 Å². The van der Waals surface area contributed by atoms with E-state index in [4.69, 9.17) is 23.2 Å². The molecule has 0 aromatic heterocycles. The van der Waals surface area contributed by atoms with Crippen LogP contribution in [-0.4, -0.2) is 29.2 Å². The topological polar surface area (TPSA) is 61.4 Å². The summed E-state index contributed by atoms with van der Waals surface area (Å²) in [6.07, 6.45) is 0.707. The van der Waals surface area contributed by atoms with Crippen molar-refractivity contribution in [3.05, 3.63) is 63.4 Å². The maximum Gasteiger partial charge on any atom is 0.324 e. The molecule has 1 fully saturated rings. The number of carbonyl (C=O) groups is 1. The predicted octanol–water partition coefficient (Wildman–Crippen LogP) is 5.83. The molecule has 166 valence electrons. The average Bonchev–Trinajstić information content (AvgIpc) is 3.14. The Morgan fingerprint density at radius 2 is 1.97 bits per heavy atom. The Labute approximate surface area is 192 Å². The number of fused-ring (bicyclic) bond motifs is 2. The summed E-state index contributed by atoms with van der Waals surface area (Å²) in [6, 6.07) is 10.2. The van der Waals surface area contributed by atoms with E-state index in [1.165, 1.54) is 6.07 Å². The second-order valence-corrected chi connectivity index (χ2v) is 11.0. The zero-order valence-corrected chi connectivity index (χ0v) is 19.5. The molecule has 3 N–H and O–H groups in total. The van der Waals surface area contributed by atoms with Crippen molar-refractivity contribution in [1.29, 1.82) is 0 Å². The molecule has 1 saturated heterocycles. The molecule has 2 aromatic rings. The van der Waals surface area contributed by atoms with Crippen LogP contribution >= 0.6 is 23.2 Å². The van der Waals surface area contributed by atoms with Crippen molar-refractivity contribution in [2.45, 2.75) is 57.0 Å². The summed E-state index contributed by atoms with van der Waals surface area (Å²) in [7, 11) is 0. The Bertz CT molecular complexity index is 1050. The first-order valence-electron chi connectivity index (χ1n) is 10.4. The fraction of sp³-hybridized carbons (Fsp3) is 0.458. The van der Waals surface area contributed by atoms with Gasteiger partial charge in [0, 0.05) is 34.6 Å². The number of aliphatic carboxylic acids is 1. The Morgan fingerprint density at radius 3 is 2.61 bits per heavy atom. The Kier molecular flexibility index (Phi) is 5.31. The van der Waals surface area contributed by atoms with Crippen LogP contribution in [0.4, 0.5) is 10.1 Å². The first kappa shape index (κ1) is 22.4. The lowest BCUT2D eigenvalue weighted by molar-refractivity contribution is -0.144. The molecule has 4 atom stereocenters. The number of carboxylic acids is 1. The number of rotatable bonds is 3. The standard InChI is InChI=1S/C24H27Cl2FN2O2/c1-22(2,3)11-18-24(12-28-17-10-13(25)8-9-15(17)24)20(23(4,29-18)21(30)31)14-6-5-7-16(26)19(14)27/h5-10,18,20,28-29H,11-12H2,1-4H3,(H,30,31)/t18-,20-,23+,24-/m0/s1. The average molecular weight is 465 g/mol. The van der Waals surface area contributed by atoms with E-state index in [1.54, 1.807) is 19.1 Å².